The summed E-state index contributed by atoms with van der Waals surface area (Å²) >= 11 is 0. The third kappa shape index (κ3) is 8.71. The van der Waals surface area contributed by atoms with E-state index >= 15 is 0 Å². The summed E-state index contributed by atoms with van der Waals surface area (Å²) in [5.41, 5.74) is 1.31. The standard InChI is InChI=1S/C30H42N4O6/c1-21(31-26(35)19-34-14-16-39-17-15-34)28(37)32-24(13-12-22-8-4-3-5-9-22)29(38)33-25(18-23-10-6-7-11-23)27(36)30(2)20-40-30/h3-5,8-10,21,24-25H,6-7,11-20H2,1-2H3,(H,31,35)(H,32,37)(H,33,38)/t21-,24-,25-,30-/m0/s1. The Balaban J connectivity index is 1.40. The minimum absolute atomic E-state index is 0.148. The maximum absolute atomic E-state index is 13.6. The van der Waals surface area contributed by atoms with Gasteiger partial charge in [-0.15, -0.1) is 0 Å². The fourth-order valence-electron chi connectivity index (χ4n) is 5.12. The third-order valence-electron chi connectivity index (χ3n) is 7.77. The molecule has 0 saturated carbocycles. The van der Waals surface area contributed by atoms with E-state index < -0.39 is 35.5 Å². The van der Waals surface area contributed by atoms with Crippen LogP contribution in [-0.2, 0) is 35.1 Å². The van der Waals surface area contributed by atoms with Gasteiger partial charge in [-0.05, 0) is 57.9 Å². The molecular weight excluding hydrogens is 512 g/mol. The number of nitrogens with one attached hydrogen (secondary N) is 3. The molecule has 2 fully saturated rings. The van der Waals surface area contributed by atoms with Crippen LogP contribution in [0, 0.1) is 0 Å². The number of Topliss-reactive ketones (excluding diaryl/α,β-unsaturated/α-hetero) is 1. The number of rotatable bonds is 14. The van der Waals surface area contributed by atoms with E-state index in [-0.39, 0.29) is 18.2 Å². The minimum Gasteiger partial charge on any atom is -0.379 e. The molecule has 0 radical (unpaired) electrons. The van der Waals surface area contributed by atoms with Crippen LogP contribution in [0.4, 0.5) is 0 Å². The Labute approximate surface area is 236 Å². The van der Waals surface area contributed by atoms with Crippen LogP contribution in [0.1, 0.15) is 51.5 Å². The number of benzene rings is 1. The topological polar surface area (TPSA) is 129 Å². The van der Waals surface area contributed by atoms with Gasteiger partial charge in [0, 0.05) is 13.1 Å². The van der Waals surface area contributed by atoms with Crippen molar-refractivity contribution < 1.29 is 28.7 Å². The number of nitrogens with zero attached hydrogens (tertiary/aromatic N) is 1. The molecule has 4 atom stereocenters. The Morgan fingerprint density at radius 3 is 2.35 bits per heavy atom. The second kappa shape index (κ2) is 14.0. The first-order chi connectivity index (χ1) is 19.2. The molecule has 0 spiro atoms. The number of hydrogen-bond donors (Lipinski definition) is 3. The van der Waals surface area contributed by atoms with Crippen molar-refractivity contribution >= 4 is 23.5 Å². The Morgan fingerprint density at radius 1 is 1.00 bits per heavy atom. The quantitative estimate of drug-likeness (QED) is 0.233. The Hall–Kier alpha value is -3.08. The van der Waals surface area contributed by atoms with Gasteiger partial charge in [-0.25, -0.2) is 0 Å². The average Bonchev–Trinajstić information content (AvgIpc) is 3.49. The van der Waals surface area contributed by atoms with Crippen LogP contribution in [-0.4, -0.2) is 91.6 Å². The molecule has 40 heavy (non-hydrogen) atoms. The van der Waals surface area contributed by atoms with Crippen LogP contribution in [0.2, 0.25) is 0 Å². The summed E-state index contributed by atoms with van der Waals surface area (Å²) in [6, 6.07) is 7.26. The lowest BCUT2D eigenvalue weighted by molar-refractivity contribution is -0.134. The van der Waals surface area contributed by atoms with Crippen LogP contribution in [0.15, 0.2) is 42.0 Å². The molecule has 0 unspecified atom stereocenters. The summed E-state index contributed by atoms with van der Waals surface area (Å²) in [6.07, 6.45) is 6.41. The van der Waals surface area contributed by atoms with Crippen molar-refractivity contribution in [2.24, 2.45) is 0 Å². The van der Waals surface area contributed by atoms with Crippen LogP contribution < -0.4 is 16.0 Å². The molecule has 3 aliphatic rings. The molecule has 4 rings (SSSR count). The molecule has 1 aromatic rings. The highest BCUT2D eigenvalue weighted by Crippen LogP contribution is 2.31. The number of allylic oxidation sites excluding steroid dienone is 1. The monoisotopic (exact) mass is 554 g/mol. The molecular formula is C30H42N4O6. The predicted octanol–water partition coefficient (Wildman–Crippen LogP) is 1.28. The van der Waals surface area contributed by atoms with Gasteiger partial charge >= 0.3 is 0 Å². The maximum atomic E-state index is 13.6. The highest BCUT2D eigenvalue weighted by molar-refractivity contribution is 5.98. The zero-order valence-electron chi connectivity index (χ0n) is 23.6. The molecule has 0 bridgehead atoms. The number of aryl methyl sites for hydroxylation is 1. The zero-order valence-corrected chi connectivity index (χ0v) is 23.6. The molecule has 2 saturated heterocycles. The van der Waals surface area contributed by atoms with Gasteiger partial charge in [0.15, 0.2) is 5.78 Å². The van der Waals surface area contributed by atoms with E-state index in [1.165, 1.54) is 0 Å². The van der Waals surface area contributed by atoms with Crippen molar-refractivity contribution in [3.8, 4) is 0 Å². The van der Waals surface area contributed by atoms with Gasteiger partial charge in [-0.3, -0.25) is 24.1 Å². The fourth-order valence-corrected chi connectivity index (χ4v) is 5.12. The highest BCUT2D eigenvalue weighted by Gasteiger charge is 2.50. The molecule has 1 aliphatic carbocycles. The smallest absolute Gasteiger partial charge is 0.243 e. The molecule has 0 aromatic heterocycles. The number of ether oxygens (including phenoxy) is 2. The van der Waals surface area contributed by atoms with E-state index in [4.69, 9.17) is 9.47 Å². The number of ketones is 1. The number of amides is 3. The van der Waals surface area contributed by atoms with E-state index in [2.05, 4.69) is 22.0 Å². The normalized spacial score (nSPS) is 22.9. The van der Waals surface area contributed by atoms with Gasteiger partial charge in [-0.2, -0.15) is 0 Å². The highest BCUT2D eigenvalue weighted by atomic mass is 16.6. The van der Waals surface area contributed by atoms with E-state index in [1.54, 1.807) is 13.8 Å². The van der Waals surface area contributed by atoms with E-state index in [0.717, 1.165) is 30.4 Å². The number of carbonyl (C=O) groups is 4. The number of hydrogen-bond acceptors (Lipinski definition) is 7. The molecule has 2 aliphatic heterocycles. The average molecular weight is 555 g/mol. The Kier molecular flexibility index (Phi) is 10.5. The van der Waals surface area contributed by atoms with Gasteiger partial charge in [0.2, 0.25) is 17.7 Å². The fraction of sp³-hybridized carbons (Fsp3) is 0.600. The molecule has 218 valence electrons. The van der Waals surface area contributed by atoms with Crippen LogP contribution in [0.3, 0.4) is 0 Å². The Morgan fingerprint density at radius 2 is 1.70 bits per heavy atom. The zero-order chi connectivity index (χ0) is 28.5. The second-order valence-corrected chi connectivity index (χ2v) is 11.2. The van der Waals surface area contributed by atoms with E-state index in [0.29, 0.717) is 52.2 Å². The lowest BCUT2D eigenvalue weighted by atomic mass is 9.94. The first kappa shape index (κ1) is 29.9. The van der Waals surface area contributed by atoms with Crippen molar-refractivity contribution in [2.75, 3.05) is 39.5 Å². The van der Waals surface area contributed by atoms with E-state index in [1.807, 2.05) is 35.2 Å². The van der Waals surface area contributed by atoms with E-state index in [9.17, 15) is 19.2 Å². The van der Waals surface area contributed by atoms with Crippen LogP contribution >= 0.6 is 0 Å². The number of carbonyl (C=O) groups excluding carboxylic acids is 4. The molecule has 3 amide bonds. The number of epoxide rings is 1. The van der Waals surface area contributed by atoms with Crippen molar-refractivity contribution in [1.82, 2.24) is 20.9 Å². The van der Waals surface area contributed by atoms with Crippen molar-refractivity contribution in [3.05, 3.63) is 47.5 Å². The Bertz CT molecular complexity index is 1080. The van der Waals surface area contributed by atoms with Crippen LogP contribution in [0.25, 0.3) is 0 Å². The van der Waals surface area contributed by atoms with Gasteiger partial charge in [0.1, 0.15) is 17.7 Å². The summed E-state index contributed by atoms with van der Waals surface area (Å²) in [6.45, 7) is 6.34. The molecule has 2 heterocycles. The summed E-state index contributed by atoms with van der Waals surface area (Å²) in [4.78, 5) is 54.5. The maximum Gasteiger partial charge on any atom is 0.243 e. The van der Waals surface area contributed by atoms with Gasteiger partial charge in [0.25, 0.3) is 0 Å². The van der Waals surface area contributed by atoms with Crippen molar-refractivity contribution in [3.63, 3.8) is 0 Å². The molecule has 10 heteroatoms. The lowest BCUT2D eigenvalue weighted by Crippen LogP contribution is -2.56. The predicted molar refractivity (Wildman–Crippen MR) is 149 cm³/mol. The van der Waals surface area contributed by atoms with Crippen molar-refractivity contribution in [2.45, 2.75) is 76.1 Å². The summed E-state index contributed by atoms with van der Waals surface area (Å²) < 4.78 is 10.7. The van der Waals surface area contributed by atoms with Crippen molar-refractivity contribution in [1.29, 1.82) is 0 Å². The SMILES string of the molecule is C[C@H](NC(=O)CN1CCOCC1)C(=O)N[C@@H](CCc1ccccc1)C(=O)N[C@@H](CC1=CCCC1)C(=O)[C@]1(C)CO1. The van der Waals surface area contributed by atoms with Gasteiger partial charge in [0.05, 0.1) is 32.4 Å². The molecule has 3 N–H and O–H groups in total. The summed E-state index contributed by atoms with van der Waals surface area (Å²) in [7, 11) is 0. The lowest BCUT2D eigenvalue weighted by Gasteiger charge is -2.27. The molecule has 1 aromatic carbocycles. The van der Waals surface area contributed by atoms with Gasteiger partial charge in [-0.1, -0.05) is 42.0 Å². The summed E-state index contributed by atoms with van der Waals surface area (Å²) in [5.74, 6) is -1.28. The number of morpholine rings is 1. The summed E-state index contributed by atoms with van der Waals surface area (Å²) in [5, 5.41) is 8.50. The van der Waals surface area contributed by atoms with Gasteiger partial charge < -0.3 is 25.4 Å². The largest absolute Gasteiger partial charge is 0.379 e. The molecule has 10 nitrogen and oxygen atoms in total. The van der Waals surface area contributed by atoms with Crippen LogP contribution in [0.5, 0.6) is 0 Å². The first-order valence-corrected chi connectivity index (χ1v) is 14.3. The third-order valence-corrected chi connectivity index (χ3v) is 7.77. The second-order valence-electron chi connectivity index (χ2n) is 11.2. The minimum atomic E-state index is -0.882. The first-order valence-electron chi connectivity index (χ1n) is 14.3.